The van der Waals surface area contributed by atoms with E-state index in [-0.39, 0.29) is 0 Å². The highest BCUT2D eigenvalue weighted by Gasteiger charge is 2.10. The van der Waals surface area contributed by atoms with Gasteiger partial charge in [-0.3, -0.25) is 0 Å². The smallest absolute Gasteiger partial charge is 0.339 e. The molecule has 3 rings (SSSR count). The predicted molar refractivity (Wildman–Crippen MR) is 126 cm³/mol. The summed E-state index contributed by atoms with van der Waals surface area (Å²) in [7, 11) is 0. The molecule has 8 heteroatoms. The fourth-order valence-corrected chi connectivity index (χ4v) is 3.43. The van der Waals surface area contributed by atoms with Crippen LogP contribution in [-0.2, 0) is 6.61 Å². The molecule has 5 nitrogen and oxygen atoms in total. The highest BCUT2D eigenvalue weighted by molar-refractivity contribution is 9.10. The number of aryl methyl sites for hydroxylation is 1. The first kappa shape index (κ1) is 22.2. The van der Waals surface area contributed by atoms with Gasteiger partial charge in [0.2, 0.25) is 0 Å². The van der Waals surface area contributed by atoms with Crippen LogP contribution in [0.4, 0.5) is 10.5 Å². The van der Waals surface area contributed by atoms with Crippen LogP contribution in [0.3, 0.4) is 0 Å². The molecule has 2 amide bonds. The van der Waals surface area contributed by atoms with Gasteiger partial charge in [0.25, 0.3) is 0 Å². The van der Waals surface area contributed by atoms with Crippen molar-refractivity contribution in [1.29, 1.82) is 0 Å². The normalized spacial score (nSPS) is 10.8. The molecule has 3 aromatic rings. The number of hydrogen-bond acceptors (Lipinski definition) is 3. The van der Waals surface area contributed by atoms with E-state index in [1.165, 1.54) is 6.21 Å². The summed E-state index contributed by atoms with van der Waals surface area (Å²) in [6.07, 6.45) is 1.45. The van der Waals surface area contributed by atoms with E-state index in [1.54, 1.807) is 12.1 Å². The maximum absolute atomic E-state index is 12.0. The number of carbonyl (C=O) groups excluding carboxylic acids is 1. The third-order valence-corrected chi connectivity index (χ3v) is 5.18. The van der Waals surface area contributed by atoms with E-state index >= 15 is 0 Å². The molecule has 0 radical (unpaired) electrons. The van der Waals surface area contributed by atoms with Gasteiger partial charge in [-0.05, 0) is 53.9 Å². The van der Waals surface area contributed by atoms with E-state index < -0.39 is 6.03 Å². The van der Waals surface area contributed by atoms with Gasteiger partial charge in [0.05, 0.1) is 16.3 Å². The third-order valence-electron chi connectivity index (χ3n) is 4.09. The Hall–Kier alpha value is -2.54. The topological polar surface area (TPSA) is 62.7 Å². The molecule has 0 saturated heterocycles. The zero-order chi connectivity index (χ0) is 21.5. The Morgan fingerprint density at radius 3 is 2.43 bits per heavy atom. The first-order chi connectivity index (χ1) is 14.4. The zero-order valence-electron chi connectivity index (χ0n) is 16.0. The fourth-order valence-electron chi connectivity index (χ4n) is 2.56. The lowest BCUT2D eigenvalue weighted by Gasteiger charge is -2.11. The highest BCUT2D eigenvalue weighted by Crippen LogP contribution is 2.34. The van der Waals surface area contributed by atoms with Crippen LogP contribution in [0.5, 0.6) is 5.75 Å². The fraction of sp³-hybridized carbons (Fsp3) is 0.0909. The van der Waals surface area contributed by atoms with Crippen molar-refractivity contribution in [2.75, 3.05) is 5.32 Å². The minimum Gasteiger partial charge on any atom is -0.486 e. The number of amides is 2. The van der Waals surface area contributed by atoms with Crippen molar-refractivity contribution in [3.8, 4) is 5.75 Å². The molecule has 0 aliphatic heterocycles. The third kappa shape index (κ3) is 6.23. The van der Waals surface area contributed by atoms with Gasteiger partial charge in [-0.1, -0.05) is 69.5 Å². The number of nitrogens with one attached hydrogen (secondary N) is 2. The minimum atomic E-state index is -0.452. The van der Waals surface area contributed by atoms with Gasteiger partial charge < -0.3 is 10.1 Å². The number of rotatable bonds is 6. The molecule has 0 spiro atoms. The Morgan fingerprint density at radius 1 is 1.10 bits per heavy atom. The molecular weight excluding hydrogens is 489 g/mol. The molecule has 0 fully saturated rings. The van der Waals surface area contributed by atoms with Crippen LogP contribution in [0.1, 0.15) is 16.7 Å². The van der Waals surface area contributed by atoms with Crippen LogP contribution in [0.25, 0.3) is 0 Å². The van der Waals surface area contributed by atoms with E-state index in [9.17, 15) is 4.79 Å². The van der Waals surface area contributed by atoms with Crippen molar-refractivity contribution in [3.63, 3.8) is 0 Å². The SMILES string of the molecule is Cc1ccccc1NC(=O)NN=Cc1cc(Cl)c(OCc2ccc(Br)cc2)c(Cl)c1. The Labute approximate surface area is 193 Å². The van der Waals surface area contributed by atoms with Crippen molar-refractivity contribution in [3.05, 3.63) is 91.9 Å². The van der Waals surface area contributed by atoms with E-state index in [0.29, 0.717) is 33.7 Å². The number of hydrazone groups is 1. The Morgan fingerprint density at radius 2 is 1.77 bits per heavy atom. The molecule has 30 heavy (non-hydrogen) atoms. The molecule has 2 N–H and O–H groups in total. The molecule has 0 heterocycles. The molecule has 0 aliphatic rings. The van der Waals surface area contributed by atoms with Crippen LogP contribution in [-0.4, -0.2) is 12.2 Å². The largest absolute Gasteiger partial charge is 0.486 e. The van der Waals surface area contributed by atoms with E-state index in [1.807, 2.05) is 55.5 Å². The van der Waals surface area contributed by atoms with E-state index in [4.69, 9.17) is 27.9 Å². The second-order valence-corrected chi connectivity index (χ2v) is 8.10. The van der Waals surface area contributed by atoms with Crippen LogP contribution in [0, 0.1) is 6.92 Å². The molecule has 0 aliphatic carbocycles. The summed E-state index contributed by atoms with van der Waals surface area (Å²) in [6, 6.07) is 18.1. The van der Waals surface area contributed by atoms with Gasteiger partial charge in [0.15, 0.2) is 5.75 Å². The lowest BCUT2D eigenvalue weighted by atomic mass is 10.2. The summed E-state index contributed by atoms with van der Waals surface area (Å²) >= 11 is 16.0. The lowest BCUT2D eigenvalue weighted by molar-refractivity contribution is 0.252. The first-order valence-electron chi connectivity index (χ1n) is 8.94. The van der Waals surface area contributed by atoms with E-state index in [2.05, 4.69) is 31.8 Å². The van der Waals surface area contributed by atoms with Crippen molar-refractivity contribution in [2.24, 2.45) is 5.10 Å². The van der Waals surface area contributed by atoms with Gasteiger partial charge >= 0.3 is 6.03 Å². The maximum atomic E-state index is 12.0. The number of carbonyl (C=O) groups is 1. The summed E-state index contributed by atoms with van der Waals surface area (Å²) < 4.78 is 6.76. The maximum Gasteiger partial charge on any atom is 0.339 e. The predicted octanol–water partition coefficient (Wildman–Crippen LogP) is 6.80. The van der Waals surface area contributed by atoms with E-state index in [0.717, 1.165) is 15.6 Å². The molecular formula is C22H18BrCl2N3O2. The number of benzene rings is 3. The summed E-state index contributed by atoms with van der Waals surface area (Å²) in [6.45, 7) is 2.24. The quantitative estimate of drug-likeness (QED) is 0.285. The van der Waals surface area contributed by atoms with Gasteiger partial charge in [0, 0.05) is 10.2 Å². The number of anilines is 1. The molecule has 0 saturated carbocycles. The molecule has 154 valence electrons. The average Bonchev–Trinajstić information content (AvgIpc) is 2.70. The Bertz CT molecular complexity index is 1050. The lowest BCUT2D eigenvalue weighted by Crippen LogP contribution is -2.24. The molecule has 0 atom stereocenters. The van der Waals surface area contributed by atoms with Crippen LogP contribution >= 0.6 is 39.1 Å². The average molecular weight is 507 g/mol. The number of urea groups is 1. The number of nitrogens with zero attached hydrogens (tertiary/aromatic N) is 1. The number of halogens is 3. The van der Waals surface area contributed by atoms with Crippen molar-refractivity contribution in [1.82, 2.24) is 5.43 Å². The van der Waals surface area contributed by atoms with Gasteiger partial charge in [0.1, 0.15) is 6.61 Å². The summed E-state index contributed by atoms with van der Waals surface area (Å²) in [4.78, 5) is 12.0. The van der Waals surface area contributed by atoms with Gasteiger partial charge in [-0.15, -0.1) is 0 Å². The molecule has 0 bridgehead atoms. The monoisotopic (exact) mass is 505 g/mol. The second-order valence-electron chi connectivity index (χ2n) is 6.37. The summed E-state index contributed by atoms with van der Waals surface area (Å²) in [5.74, 6) is 0.392. The Kier molecular flexibility index (Phi) is 7.74. The molecule has 0 aromatic heterocycles. The van der Waals surface area contributed by atoms with Crippen molar-refractivity contribution in [2.45, 2.75) is 13.5 Å². The number of para-hydroxylation sites is 1. The molecule has 0 unspecified atom stereocenters. The van der Waals surface area contributed by atoms with Crippen molar-refractivity contribution < 1.29 is 9.53 Å². The first-order valence-corrected chi connectivity index (χ1v) is 10.5. The zero-order valence-corrected chi connectivity index (χ0v) is 19.1. The van der Waals surface area contributed by atoms with Crippen LogP contribution in [0.2, 0.25) is 10.0 Å². The number of ether oxygens (including phenoxy) is 1. The summed E-state index contributed by atoms with van der Waals surface area (Å²) in [5, 5.41) is 7.36. The Balaban J connectivity index is 1.59. The number of hydrogen-bond donors (Lipinski definition) is 2. The van der Waals surface area contributed by atoms with Gasteiger partial charge in [-0.2, -0.15) is 5.10 Å². The second kappa shape index (κ2) is 10.5. The van der Waals surface area contributed by atoms with Crippen LogP contribution < -0.4 is 15.5 Å². The highest BCUT2D eigenvalue weighted by atomic mass is 79.9. The van der Waals surface area contributed by atoms with Crippen LogP contribution in [0.15, 0.2) is 70.2 Å². The van der Waals surface area contributed by atoms with Gasteiger partial charge in [-0.25, -0.2) is 10.2 Å². The van der Waals surface area contributed by atoms with Crippen molar-refractivity contribution >= 4 is 57.1 Å². The standard InChI is InChI=1S/C22H18BrCl2N3O2/c1-14-4-2-3-5-20(14)27-22(29)28-26-12-16-10-18(24)21(19(25)11-16)30-13-15-6-8-17(23)9-7-15/h2-12H,13H2,1H3,(H2,27,28,29). The summed E-state index contributed by atoms with van der Waals surface area (Å²) in [5.41, 5.74) is 5.68. The molecule has 3 aromatic carbocycles. The minimum absolute atomic E-state index is 0.334.